The lowest BCUT2D eigenvalue weighted by molar-refractivity contribution is 1.29. The van der Waals surface area contributed by atoms with E-state index in [1.165, 1.54) is 58.4 Å². The van der Waals surface area contributed by atoms with E-state index in [1.54, 1.807) is 0 Å². The Morgan fingerprint density at radius 1 is 0.357 bits per heavy atom. The van der Waals surface area contributed by atoms with Gasteiger partial charge in [0.25, 0.3) is 0 Å². The van der Waals surface area contributed by atoms with Crippen molar-refractivity contribution in [2.75, 3.05) is 4.90 Å². The number of hydrogen-bond acceptors (Lipinski definition) is 3. The number of aromatic nitrogens is 1. The fourth-order valence-corrected chi connectivity index (χ4v) is 9.40. The molecule has 0 bridgehead atoms. The summed E-state index contributed by atoms with van der Waals surface area (Å²) >= 11 is 1.87. The topological polar surface area (TPSA) is 16.1 Å². The molecule has 0 amide bonds. The SMILES string of the molecule is c1ccc(-c2ccccc2N(c2ccc(-c3nc4ccccc4cc3-c3ccc4c(c3)sc3cc5ccccc5cc34)cc2)c2ccc3ccccc3c2)cc1. The molecule has 0 aliphatic heterocycles. The van der Waals surface area contributed by atoms with Gasteiger partial charge in [-0.1, -0.05) is 146 Å². The average molecular weight is 731 g/mol. The maximum absolute atomic E-state index is 5.35. The molecule has 9 aromatic carbocycles. The van der Waals surface area contributed by atoms with Crippen molar-refractivity contribution < 1.29 is 0 Å². The maximum Gasteiger partial charge on any atom is 0.0788 e. The number of nitrogens with zero attached hydrogens (tertiary/aromatic N) is 2. The van der Waals surface area contributed by atoms with E-state index in [-0.39, 0.29) is 0 Å². The van der Waals surface area contributed by atoms with E-state index in [9.17, 15) is 0 Å². The van der Waals surface area contributed by atoms with Gasteiger partial charge in [0.05, 0.1) is 16.9 Å². The van der Waals surface area contributed by atoms with Crippen LogP contribution in [-0.2, 0) is 0 Å². The molecule has 2 nitrogen and oxygen atoms in total. The van der Waals surface area contributed by atoms with Crippen LogP contribution in [0.1, 0.15) is 0 Å². The van der Waals surface area contributed by atoms with Gasteiger partial charge >= 0.3 is 0 Å². The number of fused-ring (bicyclic) bond motifs is 6. The van der Waals surface area contributed by atoms with Crippen molar-refractivity contribution in [2.45, 2.75) is 0 Å². The third kappa shape index (κ3) is 5.60. The Balaban J connectivity index is 1.06. The second kappa shape index (κ2) is 13.3. The predicted molar refractivity (Wildman–Crippen MR) is 241 cm³/mol. The Labute approximate surface area is 329 Å². The molecular formula is C53H34N2S. The second-order valence-electron chi connectivity index (χ2n) is 14.4. The molecule has 0 unspecified atom stereocenters. The van der Waals surface area contributed by atoms with E-state index in [4.69, 9.17) is 4.98 Å². The third-order valence-electron chi connectivity index (χ3n) is 11.0. The van der Waals surface area contributed by atoms with Crippen LogP contribution >= 0.6 is 11.3 Å². The summed E-state index contributed by atoms with van der Waals surface area (Å²) in [6.07, 6.45) is 0. The van der Waals surface area contributed by atoms with Crippen LogP contribution in [0.5, 0.6) is 0 Å². The Morgan fingerprint density at radius 2 is 0.982 bits per heavy atom. The van der Waals surface area contributed by atoms with Crippen LogP contribution in [0.25, 0.3) is 86.1 Å². The van der Waals surface area contributed by atoms with Gasteiger partial charge in [0.2, 0.25) is 0 Å². The van der Waals surface area contributed by atoms with Crippen molar-refractivity contribution in [3.8, 4) is 33.5 Å². The van der Waals surface area contributed by atoms with Crippen LogP contribution in [-0.4, -0.2) is 4.98 Å². The summed E-state index contributed by atoms with van der Waals surface area (Å²) in [5, 5.41) is 8.72. The number of thiophene rings is 1. The van der Waals surface area contributed by atoms with Crippen molar-refractivity contribution in [2.24, 2.45) is 0 Å². The Kier molecular flexibility index (Phi) is 7.72. The Hall–Kier alpha value is -7.07. The largest absolute Gasteiger partial charge is 0.310 e. The highest BCUT2D eigenvalue weighted by molar-refractivity contribution is 7.25. The summed E-state index contributed by atoms with van der Waals surface area (Å²) in [6.45, 7) is 0. The molecular weight excluding hydrogens is 697 g/mol. The quantitative estimate of drug-likeness (QED) is 0.169. The molecule has 0 spiro atoms. The minimum absolute atomic E-state index is 0.975. The van der Waals surface area contributed by atoms with E-state index in [1.807, 2.05) is 11.3 Å². The number of pyridine rings is 1. The highest BCUT2D eigenvalue weighted by Gasteiger charge is 2.19. The molecule has 0 saturated carbocycles. The highest BCUT2D eigenvalue weighted by Crippen LogP contribution is 2.44. The fraction of sp³-hybridized carbons (Fsp3) is 0. The first-order valence-corrected chi connectivity index (χ1v) is 19.8. The average Bonchev–Trinajstić information content (AvgIpc) is 3.62. The van der Waals surface area contributed by atoms with Crippen LogP contribution < -0.4 is 4.90 Å². The molecule has 0 fully saturated rings. The number of benzene rings is 9. The van der Waals surface area contributed by atoms with Gasteiger partial charge in [0.1, 0.15) is 0 Å². The standard InChI is InChI=1S/C53H34N2S/c1-2-13-36(14-3-1)45-19-9-11-21-50(45)55(44-28-22-35-12-4-5-15-38(35)30-44)43-26-23-37(24-27-43)53-47(32-42-18-8-10-20-49(42)54-53)41-25-29-46-48-31-39-16-6-7-17-40(39)33-52(48)56-51(46)34-41/h1-34H. The van der Waals surface area contributed by atoms with Crippen LogP contribution in [0.2, 0.25) is 0 Å². The predicted octanol–water partition coefficient (Wildman–Crippen LogP) is 15.4. The number of rotatable bonds is 6. The summed E-state index contributed by atoms with van der Waals surface area (Å²) in [7, 11) is 0. The van der Waals surface area contributed by atoms with Crippen LogP contribution in [0, 0.1) is 0 Å². The number of anilines is 3. The summed E-state index contributed by atoms with van der Waals surface area (Å²) < 4.78 is 2.60. The molecule has 11 aromatic rings. The minimum atomic E-state index is 0.975. The summed E-state index contributed by atoms with van der Waals surface area (Å²) in [6, 6.07) is 74.6. The normalized spacial score (nSPS) is 11.6. The lowest BCUT2D eigenvalue weighted by Crippen LogP contribution is -2.11. The van der Waals surface area contributed by atoms with Gasteiger partial charge in [0.15, 0.2) is 0 Å². The Morgan fingerprint density at radius 3 is 1.80 bits per heavy atom. The minimum Gasteiger partial charge on any atom is -0.310 e. The van der Waals surface area contributed by atoms with Gasteiger partial charge in [0, 0.05) is 53.6 Å². The summed E-state index contributed by atoms with van der Waals surface area (Å²) in [5.41, 5.74) is 11.0. The van der Waals surface area contributed by atoms with Crippen molar-refractivity contribution in [3.05, 3.63) is 206 Å². The van der Waals surface area contributed by atoms with Crippen LogP contribution in [0.4, 0.5) is 17.1 Å². The zero-order valence-electron chi connectivity index (χ0n) is 30.4. The molecule has 2 heterocycles. The first kappa shape index (κ1) is 32.4. The van der Waals surface area contributed by atoms with Gasteiger partial charge in [-0.3, -0.25) is 0 Å². The lowest BCUT2D eigenvalue weighted by atomic mass is 9.96. The Bertz CT molecular complexity index is 3250. The molecule has 56 heavy (non-hydrogen) atoms. The molecule has 0 aliphatic carbocycles. The molecule has 0 N–H and O–H groups in total. The van der Waals surface area contributed by atoms with Crippen LogP contribution in [0.15, 0.2) is 206 Å². The van der Waals surface area contributed by atoms with E-state index in [0.717, 1.165) is 44.8 Å². The van der Waals surface area contributed by atoms with Crippen molar-refractivity contribution in [1.82, 2.24) is 4.98 Å². The van der Waals surface area contributed by atoms with E-state index in [0.29, 0.717) is 0 Å². The fourth-order valence-electron chi connectivity index (χ4n) is 8.23. The lowest BCUT2D eigenvalue weighted by Gasteiger charge is -2.28. The van der Waals surface area contributed by atoms with Crippen LogP contribution in [0.3, 0.4) is 0 Å². The molecule has 3 heteroatoms. The third-order valence-corrected chi connectivity index (χ3v) is 12.1. The van der Waals surface area contributed by atoms with Crippen molar-refractivity contribution >= 4 is 81.0 Å². The van der Waals surface area contributed by atoms with E-state index < -0.39 is 0 Å². The second-order valence-corrected chi connectivity index (χ2v) is 15.5. The number of para-hydroxylation sites is 2. The summed E-state index contributed by atoms with van der Waals surface area (Å²) in [4.78, 5) is 7.73. The molecule has 2 aromatic heterocycles. The molecule has 0 aliphatic rings. The molecule has 0 atom stereocenters. The zero-order valence-corrected chi connectivity index (χ0v) is 31.2. The van der Waals surface area contributed by atoms with Gasteiger partial charge in [-0.25, -0.2) is 4.98 Å². The zero-order chi connectivity index (χ0) is 37.0. The van der Waals surface area contributed by atoms with Gasteiger partial charge in [-0.15, -0.1) is 11.3 Å². The monoisotopic (exact) mass is 730 g/mol. The first-order valence-electron chi connectivity index (χ1n) is 19.0. The molecule has 11 rings (SSSR count). The van der Waals surface area contributed by atoms with E-state index in [2.05, 4.69) is 211 Å². The van der Waals surface area contributed by atoms with Crippen molar-refractivity contribution in [1.29, 1.82) is 0 Å². The smallest absolute Gasteiger partial charge is 0.0788 e. The van der Waals surface area contributed by atoms with E-state index >= 15 is 0 Å². The molecule has 0 saturated heterocycles. The summed E-state index contributed by atoms with van der Waals surface area (Å²) in [5.74, 6) is 0. The highest BCUT2D eigenvalue weighted by atomic mass is 32.1. The van der Waals surface area contributed by atoms with Crippen molar-refractivity contribution in [3.63, 3.8) is 0 Å². The van der Waals surface area contributed by atoms with Gasteiger partial charge in [-0.05, 0) is 93.3 Å². The van der Waals surface area contributed by atoms with Gasteiger partial charge < -0.3 is 4.90 Å². The maximum atomic E-state index is 5.35. The molecule has 0 radical (unpaired) electrons. The van der Waals surface area contributed by atoms with Gasteiger partial charge in [-0.2, -0.15) is 0 Å². The first-order chi connectivity index (χ1) is 27.7. The molecule has 262 valence electrons. The number of hydrogen-bond donors (Lipinski definition) is 0.